The summed E-state index contributed by atoms with van der Waals surface area (Å²) in [6.07, 6.45) is -2.28. The zero-order chi connectivity index (χ0) is 14.8. The molecule has 21 heavy (non-hydrogen) atoms. The van der Waals surface area contributed by atoms with Crippen LogP contribution in [0.1, 0.15) is 24.0 Å². The van der Waals surface area contributed by atoms with Gasteiger partial charge in [0.2, 0.25) is 5.91 Å². The summed E-state index contributed by atoms with van der Waals surface area (Å²) < 4.78 is 37.6. The molecule has 118 valence electrons. The summed E-state index contributed by atoms with van der Waals surface area (Å²) in [6.45, 7) is 0.377. The highest BCUT2D eigenvalue weighted by molar-refractivity contribution is 5.85. The Hall–Kier alpha value is -1.27. The lowest BCUT2D eigenvalue weighted by Gasteiger charge is -2.12. The van der Waals surface area contributed by atoms with E-state index in [0.717, 1.165) is 25.0 Å². The van der Waals surface area contributed by atoms with E-state index in [1.165, 1.54) is 12.1 Å². The number of nitrogens with two attached hydrogens (primary N) is 1. The highest BCUT2D eigenvalue weighted by atomic mass is 35.5. The lowest BCUT2D eigenvalue weighted by molar-refractivity contribution is -0.137. The molecule has 1 amide bonds. The van der Waals surface area contributed by atoms with Gasteiger partial charge in [-0.1, -0.05) is 18.2 Å². The fourth-order valence-electron chi connectivity index (χ4n) is 2.03. The summed E-state index contributed by atoms with van der Waals surface area (Å²) in [4.78, 5) is 11.7. The number of hydrogen-bond donors (Lipinski definition) is 2. The number of nitrogens with one attached hydrogen (secondary N) is 1. The van der Waals surface area contributed by atoms with Crippen LogP contribution in [0, 0.1) is 5.92 Å². The van der Waals surface area contributed by atoms with Crippen molar-refractivity contribution in [3.8, 4) is 0 Å². The number of rotatable bonds is 5. The molecular weight excluding hydrogens is 305 g/mol. The van der Waals surface area contributed by atoms with Gasteiger partial charge in [0, 0.05) is 12.6 Å². The topological polar surface area (TPSA) is 55.1 Å². The first-order valence-electron chi connectivity index (χ1n) is 6.54. The van der Waals surface area contributed by atoms with Gasteiger partial charge in [-0.25, -0.2) is 0 Å². The van der Waals surface area contributed by atoms with Crippen molar-refractivity contribution < 1.29 is 18.0 Å². The molecular formula is C14H18ClF3N2O. The Balaban J connectivity index is 0.00000220. The Morgan fingerprint density at radius 3 is 2.62 bits per heavy atom. The van der Waals surface area contributed by atoms with Crippen LogP contribution in [-0.2, 0) is 17.4 Å². The molecule has 1 aromatic carbocycles. The van der Waals surface area contributed by atoms with Crippen molar-refractivity contribution in [1.82, 2.24) is 5.32 Å². The van der Waals surface area contributed by atoms with Crippen LogP contribution in [0.5, 0.6) is 0 Å². The van der Waals surface area contributed by atoms with E-state index in [1.54, 1.807) is 0 Å². The summed E-state index contributed by atoms with van der Waals surface area (Å²) in [5.74, 6) is 0.171. The monoisotopic (exact) mass is 322 g/mol. The second-order valence-corrected chi connectivity index (χ2v) is 5.18. The van der Waals surface area contributed by atoms with Crippen LogP contribution in [0.15, 0.2) is 24.3 Å². The van der Waals surface area contributed by atoms with Crippen molar-refractivity contribution in [3.05, 3.63) is 35.4 Å². The highest BCUT2D eigenvalue weighted by Gasteiger charge is 2.30. The summed E-state index contributed by atoms with van der Waals surface area (Å²) in [6, 6.07) is 4.75. The molecule has 3 N–H and O–H groups in total. The van der Waals surface area contributed by atoms with Crippen LogP contribution in [0.2, 0.25) is 0 Å². The molecule has 0 spiro atoms. The Labute approximate surface area is 127 Å². The third kappa shape index (κ3) is 5.55. The van der Waals surface area contributed by atoms with E-state index < -0.39 is 11.7 Å². The number of hydrogen-bond acceptors (Lipinski definition) is 2. The zero-order valence-corrected chi connectivity index (χ0v) is 12.1. The van der Waals surface area contributed by atoms with Crippen molar-refractivity contribution in [2.24, 2.45) is 11.7 Å². The molecule has 0 aromatic heterocycles. The minimum atomic E-state index is -4.39. The van der Waals surface area contributed by atoms with Crippen LogP contribution >= 0.6 is 12.4 Å². The van der Waals surface area contributed by atoms with E-state index in [1.807, 2.05) is 0 Å². The van der Waals surface area contributed by atoms with Crippen molar-refractivity contribution in [1.29, 1.82) is 0 Å². The third-order valence-corrected chi connectivity index (χ3v) is 3.38. The normalized spacial score (nSPS) is 16.0. The third-order valence-electron chi connectivity index (χ3n) is 3.38. The largest absolute Gasteiger partial charge is 0.416 e. The van der Waals surface area contributed by atoms with E-state index >= 15 is 0 Å². The van der Waals surface area contributed by atoms with E-state index in [-0.39, 0.29) is 30.8 Å². The molecule has 0 heterocycles. The predicted octanol–water partition coefficient (Wildman–Crippen LogP) is 2.52. The van der Waals surface area contributed by atoms with Crippen LogP contribution < -0.4 is 11.1 Å². The Kier molecular flexibility index (Phi) is 6.04. The van der Waals surface area contributed by atoms with Crippen LogP contribution in [-0.4, -0.2) is 18.5 Å². The van der Waals surface area contributed by atoms with Gasteiger partial charge in [0.25, 0.3) is 0 Å². The van der Waals surface area contributed by atoms with Crippen molar-refractivity contribution in [2.75, 3.05) is 6.54 Å². The first-order valence-corrected chi connectivity index (χ1v) is 6.54. The molecule has 1 aromatic rings. The number of carbonyl (C=O) groups excluding carboxylic acids is 1. The van der Waals surface area contributed by atoms with Gasteiger partial charge >= 0.3 is 6.18 Å². The number of benzene rings is 1. The van der Waals surface area contributed by atoms with E-state index in [4.69, 9.17) is 5.73 Å². The van der Waals surface area contributed by atoms with Gasteiger partial charge < -0.3 is 11.1 Å². The average molecular weight is 323 g/mol. The van der Waals surface area contributed by atoms with E-state index in [2.05, 4.69) is 5.32 Å². The number of halogens is 4. The standard InChI is InChI=1S/C14H17F3N2O.ClH/c15-14(16,17)11-3-1-2-9(6-11)7-13(20)19-8-12(18)10-4-5-10;/h1-3,6,10,12H,4-5,7-8,18H2,(H,19,20);1H. The highest BCUT2D eigenvalue weighted by Crippen LogP contribution is 2.31. The Bertz CT molecular complexity index is 489. The van der Waals surface area contributed by atoms with Crippen molar-refractivity contribution >= 4 is 18.3 Å². The number of carbonyl (C=O) groups is 1. The maximum Gasteiger partial charge on any atom is 0.416 e. The minimum absolute atomic E-state index is 0. The maximum absolute atomic E-state index is 12.5. The number of amides is 1. The van der Waals surface area contributed by atoms with Gasteiger partial charge in [-0.3, -0.25) is 4.79 Å². The smallest absolute Gasteiger partial charge is 0.354 e. The quantitative estimate of drug-likeness (QED) is 0.875. The summed E-state index contributed by atoms with van der Waals surface area (Å²) in [5, 5.41) is 2.67. The molecule has 7 heteroatoms. The molecule has 1 aliphatic rings. The molecule has 2 rings (SSSR count). The fraction of sp³-hybridized carbons (Fsp3) is 0.500. The van der Waals surface area contributed by atoms with Gasteiger partial charge in [0.1, 0.15) is 0 Å². The maximum atomic E-state index is 12.5. The van der Waals surface area contributed by atoms with Gasteiger partial charge in [-0.2, -0.15) is 13.2 Å². The van der Waals surface area contributed by atoms with Gasteiger partial charge in [-0.15, -0.1) is 12.4 Å². The lowest BCUT2D eigenvalue weighted by Crippen LogP contribution is -2.39. The molecule has 0 radical (unpaired) electrons. The molecule has 0 aliphatic heterocycles. The second-order valence-electron chi connectivity index (χ2n) is 5.18. The van der Waals surface area contributed by atoms with Crippen LogP contribution in [0.25, 0.3) is 0 Å². The molecule has 1 atom stereocenters. The first kappa shape index (κ1) is 17.8. The van der Waals surface area contributed by atoms with Crippen LogP contribution in [0.4, 0.5) is 13.2 Å². The molecule has 0 bridgehead atoms. The van der Waals surface area contributed by atoms with E-state index in [0.29, 0.717) is 18.0 Å². The molecule has 1 fully saturated rings. The molecule has 1 unspecified atom stereocenters. The molecule has 0 saturated heterocycles. The fourth-order valence-corrected chi connectivity index (χ4v) is 2.03. The Morgan fingerprint density at radius 1 is 1.38 bits per heavy atom. The van der Waals surface area contributed by atoms with Crippen LogP contribution in [0.3, 0.4) is 0 Å². The van der Waals surface area contributed by atoms with E-state index in [9.17, 15) is 18.0 Å². The van der Waals surface area contributed by atoms with Gasteiger partial charge in [0.05, 0.1) is 12.0 Å². The van der Waals surface area contributed by atoms with Gasteiger partial charge in [0.15, 0.2) is 0 Å². The molecule has 1 saturated carbocycles. The summed E-state index contributed by atoms with van der Waals surface area (Å²) in [5.41, 5.74) is 5.44. The summed E-state index contributed by atoms with van der Waals surface area (Å²) >= 11 is 0. The number of alkyl halides is 3. The average Bonchev–Trinajstić information content (AvgIpc) is 3.19. The van der Waals surface area contributed by atoms with Gasteiger partial charge in [-0.05, 0) is 30.4 Å². The summed E-state index contributed by atoms with van der Waals surface area (Å²) in [7, 11) is 0. The minimum Gasteiger partial charge on any atom is -0.354 e. The second kappa shape index (κ2) is 7.13. The van der Waals surface area contributed by atoms with Crippen molar-refractivity contribution in [3.63, 3.8) is 0 Å². The van der Waals surface area contributed by atoms with Crippen molar-refractivity contribution in [2.45, 2.75) is 31.5 Å². The first-order chi connectivity index (χ1) is 9.36. The SMILES string of the molecule is Cl.NC(CNC(=O)Cc1cccc(C(F)(F)F)c1)C1CC1. The molecule has 1 aliphatic carbocycles. The zero-order valence-electron chi connectivity index (χ0n) is 11.3. The Morgan fingerprint density at radius 2 is 2.05 bits per heavy atom. The predicted molar refractivity (Wildman–Crippen MR) is 76.1 cm³/mol. The molecule has 3 nitrogen and oxygen atoms in total. The lowest BCUT2D eigenvalue weighted by atomic mass is 10.1.